The Kier molecular flexibility index (Phi) is 11.6. The molecule has 0 aliphatic heterocycles. The molecule has 0 saturated carbocycles. The minimum atomic E-state index is -1.26. The smallest absolute Gasteiger partial charge is 0.328 e. The zero-order valence-electron chi connectivity index (χ0n) is 7.43. The molecule has 0 heterocycles. The predicted molar refractivity (Wildman–Crippen MR) is 46.4 cm³/mol. The van der Waals surface area contributed by atoms with Crippen LogP contribution in [0, 0.1) is 0 Å². The standard InChI is InChI=1S/C4H4O4.C4H10O/c5-3(6)1-2-4(7)8;1-2-3-4-5/h1-2H,(H,5,6)(H,7,8);5H,2-4H2,1H3/b2-1+;. The maximum Gasteiger partial charge on any atom is 0.328 e. The minimum Gasteiger partial charge on any atom is -0.478 e. The van der Waals surface area contributed by atoms with Crippen LogP contribution in [0.25, 0.3) is 0 Å². The molecule has 5 nitrogen and oxygen atoms in total. The number of aliphatic carboxylic acids is 2. The molecule has 0 bridgehead atoms. The largest absolute Gasteiger partial charge is 0.478 e. The third-order valence-corrected chi connectivity index (χ3v) is 0.880. The Morgan fingerprint density at radius 3 is 1.62 bits per heavy atom. The number of hydrogen-bond donors (Lipinski definition) is 3. The molecule has 0 fully saturated rings. The van der Waals surface area contributed by atoms with Gasteiger partial charge in [-0.3, -0.25) is 0 Å². The van der Waals surface area contributed by atoms with Gasteiger partial charge in [-0.25, -0.2) is 9.59 Å². The molecule has 3 N–H and O–H groups in total. The van der Waals surface area contributed by atoms with Gasteiger partial charge in [0.1, 0.15) is 0 Å². The average molecular weight is 190 g/mol. The van der Waals surface area contributed by atoms with Crippen LogP contribution in [-0.4, -0.2) is 33.9 Å². The fourth-order valence-electron chi connectivity index (χ4n) is 0.301. The van der Waals surface area contributed by atoms with Gasteiger partial charge in [0.05, 0.1) is 0 Å². The maximum atomic E-state index is 9.55. The van der Waals surface area contributed by atoms with Crippen LogP contribution in [-0.2, 0) is 9.59 Å². The normalized spacial score (nSPS) is 9.08. The second-order valence-electron chi connectivity index (χ2n) is 2.09. The third-order valence-electron chi connectivity index (χ3n) is 0.880. The van der Waals surface area contributed by atoms with Crippen molar-refractivity contribution in [2.45, 2.75) is 19.8 Å². The van der Waals surface area contributed by atoms with Crippen LogP contribution in [0.2, 0.25) is 0 Å². The molecule has 0 aromatic carbocycles. The molecule has 0 aromatic rings. The highest BCUT2D eigenvalue weighted by Gasteiger charge is 1.88. The molecular formula is C8H14O5. The van der Waals surface area contributed by atoms with Crippen molar-refractivity contribution >= 4 is 11.9 Å². The number of carbonyl (C=O) groups is 2. The highest BCUT2D eigenvalue weighted by molar-refractivity contribution is 5.89. The third kappa shape index (κ3) is 25.0. The van der Waals surface area contributed by atoms with Crippen molar-refractivity contribution in [1.29, 1.82) is 0 Å². The Morgan fingerprint density at radius 2 is 1.54 bits per heavy atom. The Balaban J connectivity index is 0. The zero-order chi connectivity index (χ0) is 10.7. The van der Waals surface area contributed by atoms with Crippen LogP contribution in [0.1, 0.15) is 19.8 Å². The molecular weight excluding hydrogens is 176 g/mol. The molecule has 0 amide bonds. The summed E-state index contributed by atoms with van der Waals surface area (Å²) in [7, 11) is 0. The zero-order valence-corrected chi connectivity index (χ0v) is 7.43. The quantitative estimate of drug-likeness (QED) is 0.561. The lowest BCUT2D eigenvalue weighted by atomic mass is 10.4. The molecule has 0 spiro atoms. The van der Waals surface area contributed by atoms with Gasteiger partial charge in [-0.05, 0) is 6.42 Å². The fourth-order valence-corrected chi connectivity index (χ4v) is 0.301. The molecule has 76 valence electrons. The number of aliphatic hydroxyl groups is 1. The van der Waals surface area contributed by atoms with E-state index in [1.165, 1.54) is 0 Å². The highest BCUT2D eigenvalue weighted by Crippen LogP contribution is 1.78. The number of carboxylic acid groups (broad SMARTS) is 2. The van der Waals surface area contributed by atoms with Gasteiger partial charge in [0.25, 0.3) is 0 Å². The van der Waals surface area contributed by atoms with Crippen molar-refractivity contribution in [3.63, 3.8) is 0 Å². The van der Waals surface area contributed by atoms with Gasteiger partial charge in [0.15, 0.2) is 0 Å². The molecule has 0 unspecified atom stereocenters. The van der Waals surface area contributed by atoms with Crippen LogP contribution in [0.4, 0.5) is 0 Å². The first-order valence-electron chi connectivity index (χ1n) is 3.79. The summed E-state index contributed by atoms with van der Waals surface area (Å²) in [5, 5.41) is 23.7. The van der Waals surface area contributed by atoms with Crippen LogP contribution < -0.4 is 0 Å². The van der Waals surface area contributed by atoms with Gasteiger partial charge in [-0.15, -0.1) is 0 Å². The first-order chi connectivity index (χ1) is 6.04. The lowest BCUT2D eigenvalue weighted by Gasteiger charge is -1.79. The van der Waals surface area contributed by atoms with Gasteiger partial charge >= 0.3 is 11.9 Å². The summed E-state index contributed by atoms with van der Waals surface area (Å²) in [5.41, 5.74) is 0. The van der Waals surface area contributed by atoms with Gasteiger partial charge in [-0.1, -0.05) is 13.3 Å². The van der Waals surface area contributed by atoms with Crippen LogP contribution in [0.5, 0.6) is 0 Å². The van der Waals surface area contributed by atoms with Crippen LogP contribution in [0.15, 0.2) is 12.2 Å². The van der Waals surface area contributed by atoms with Gasteiger partial charge in [0, 0.05) is 18.8 Å². The number of carboxylic acids is 2. The summed E-state index contributed by atoms with van der Waals surface area (Å²) in [4.78, 5) is 19.1. The first-order valence-corrected chi connectivity index (χ1v) is 3.79. The van der Waals surface area contributed by atoms with Crippen molar-refractivity contribution in [2.24, 2.45) is 0 Å². The summed E-state index contributed by atoms with van der Waals surface area (Å²) in [6.45, 7) is 2.40. The van der Waals surface area contributed by atoms with Gasteiger partial charge in [-0.2, -0.15) is 0 Å². The van der Waals surface area contributed by atoms with E-state index in [1.54, 1.807) is 0 Å². The average Bonchev–Trinajstić information content (AvgIpc) is 2.03. The second-order valence-corrected chi connectivity index (χ2v) is 2.09. The molecule has 0 atom stereocenters. The topological polar surface area (TPSA) is 94.8 Å². The summed E-state index contributed by atoms with van der Waals surface area (Å²) >= 11 is 0. The van der Waals surface area contributed by atoms with Crippen molar-refractivity contribution < 1.29 is 24.9 Å². The SMILES string of the molecule is CCCCO.O=C(O)/C=C/C(=O)O. The maximum absolute atomic E-state index is 9.55. The number of aliphatic hydroxyl groups excluding tert-OH is 1. The van der Waals surface area contributed by atoms with E-state index in [0.717, 1.165) is 12.8 Å². The number of rotatable bonds is 4. The second kappa shape index (κ2) is 10.6. The first kappa shape index (κ1) is 14.2. The van der Waals surface area contributed by atoms with Crippen LogP contribution in [0.3, 0.4) is 0 Å². The Morgan fingerprint density at radius 1 is 1.15 bits per heavy atom. The summed E-state index contributed by atoms with van der Waals surface area (Å²) < 4.78 is 0. The summed E-state index contributed by atoms with van der Waals surface area (Å²) in [6, 6.07) is 0. The summed E-state index contributed by atoms with van der Waals surface area (Å²) in [6.07, 6.45) is 3.15. The molecule has 0 radical (unpaired) electrons. The molecule has 0 aromatic heterocycles. The van der Waals surface area contributed by atoms with E-state index in [4.69, 9.17) is 15.3 Å². The fraction of sp³-hybridized carbons (Fsp3) is 0.500. The van der Waals surface area contributed by atoms with Crippen LogP contribution >= 0.6 is 0 Å². The molecule has 0 aliphatic rings. The molecule has 0 rings (SSSR count). The Bertz CT molecular complexity index is 155. The Labute approximate surface area is 76.3 Å². The van der Waals surface area contributed by atoms with E-state index in [9.17, 15) is 9.59 Å². The molecule has 5 heteroatoms. The van der Waals surface area contributed by atoms with E-state index in [1.807, 2.05) is 0 Å². The number of hydrogen-bond acceptors (Lipinski definition) is 3. The van der Waals surface area contributed by atoms with E-state index < -0.39 is 11.9 Å². The molecule has 13 heavy (non-hydrogen) atoms. The lowest BCUT2D eigenvalue weighted by molar-refractivity contribution is -0.134. The summed E-state index contributed by atoms with van der Waals surface area (Å²) in [5.74, 6) is -2.51. The number of unbranched alkanes of at least 4 members (excludes halogenated alkanes) is 1. The molecule has 0 saturated heterocycles. The van der Waals surface area contributed by atoms with Gasteiger partial charge in [0.2, 0.25) is 0 Å². The minimum absolute atomic E-state index is 0.344. The van der Waals surface area contributed by atoms with Crippen molar-refractivity contribution in [3.8, 4) is 0 Å². The van der Waals surface area contributed by atoms with E-state index in [-0.39, 0.29) is 0 Å². The highest BCUT2D eigenvalue weighted by atomic mass is 16.4. The lowest BCUT2D eigenvalue weighted by Crippen LogP contribution is -1.91. The predicted octanol–water partition coefficient (Wildman–Crippen LogP) is 0.491. The van der Waals surface area contributed by atoms with E-state index >= 15 is 0 Å². The van der Waals surface area contributed by atoms with E-state index in [2.05, 4.69) is 6.92 Å². The van der Waals surface area contributed by atoms with Crippen molar-refractivity contribution in [2.75, 3.05) is 6.61 Å². The van der Waals surface area contributed by atoms with E-state index in [0.29, 0.717) is 18.8 Å². The Hall–Kier alpha value is -1.36. The van der Waals surface area contributed by atoms with Crippen molar-refractivity contribution in [3.05, 3.63) is 12.2 Å². The molecule has 0 aliphatic carbocycles. The monoisotopic (exact) mass is 190 g/mol. The van der Waals surface area contributed by atoms with Crippen molar-refractivity contribution in [1.82, 2.24) is 0 Å². The van der Waals surface area contributed by atoms with Gasteiger partial charge < -0.3 is 15.3 Å².